The lowest BCUT2D eigenvalue weighted by atomic mass is 10.1. The molecule has 0 heterocycles. The summed E-state index contributed by atoms with van der Waals surface area (Å²) in [6.07, 6.45) is 0. The number of ether oxygens (including phenoxy) is 1. The fourth-order valence-electron chi connectivity index (χ4n) is 2.31. The van der Waals surface area contributed by atoms with E-state index in [4.69, 9.17) is 16.3 Å². The van der Waals surface area contributed by atoms with E-state index in [0.29, 0.717) is 21.8 Å². The Kier molecular flexibility index (Phi) is 7.23. The van der Waals surface area contributed by atoms with Crippen LogP contribution in [0.1, 0.15) is 11.6 Å². The smallest absolute Gasteiger partial charge is 0.258 e. The highest BCUT2D eigenvalue weighted by molar-refractivity contribution is 9.10. The zero-order valence-electron chi connectivity index (χ0n) is 13.9. The molecule has 1 atom stereocenters. The second-order valence-corrected chi connectivity index (χ2v) is 6.93. The van der Waals surface area contributed by atoms with Gasteiger partial charge in [0, 0.05) is 11.6 Å². The molecule has 0 aliphatic carbocycles. The van der Waals surface area contributed by atoms with Crippen molar-refractivity contribution in [2.24, 2.45) is 0 Å². The third kappa shape index (κ3) is 5.70. The van der Waals surface area contributed by atoms with Crippen LogP contribution in [0.4, 0.5) is 4.39 Å². The van der Waals surface area contributed by atoms with E-state index in [0.717, 1.165) is 5.56 Å². The number of likely N-dealkylation sites (N-methyl/N-ethyl adjacent to an activating group) is 1. The molecule has 2 rings (SSSR count). The van der Waals surface area contributed by atoms with E-state index in [1.807, 2.05) is 43.3 Å². The lowest BCUT2D eigenvalue weighted by Crippen LogP contribution is -2.37. The number of nitrogens with zero attached hydrogens (tertiary/aromatic N) is 1. The second kappa shape index (κ2) is 9.17. The number of carbonyl (C=O) groups excluding carboxylic acids is 1. The average molecular weight is 430 g/mol. The quantitative estimate of drug-likeness (QED) is 0.722. The minimum absolute atomic E-state index is 0.0600. The van der Waals surface area contributed by atoms with Crippen molar-refractivity contribution in [1.82, 2.24) is 10.2 Å². The Hall–Kier alpha value is -1.63. The van der Waals surface area contributed by atoms with E-state index in [2.05, 4.69) is 21.2 Å². The van der Waals surface area contributed by atoms with Crippen LogP contribution in [0.15, 0.2) is 46.9 Å². The van der Waals surface area contributed by atoms with Crippen molar-refractivity contribution in [2.75, 3.05) is 27.2 Å². The summed E-state index contributed by atoms with van der Waals surface area (Å²) < 4.78 is 18.9. The lowest BCUT2D eigenvalue weighted by molar-refractivity contribution is -0.123. The number of rotatable bonds is 7. The molecule has 1 N–H and O–H groups in total. The normalized spacial score (nSPS) is 12.1. The van der Waals surface area contributed by atoms with Gasteiger partial charge in [0.2, 0.25) is 0 Å². The first-order valence-corrected chi connectivity index (χ1v) is 8.81. The molecule has 25 heavy (non-hydrogen) atoms. The molecule has 1 amide bonds. The van der Waals surface area contributed by atoms with Gasteiger partial charge in [-0.25, -0.2) is 4.39 Å². The molecule has 2 aromatic rings. The standard InChI is InChI=1S/C18H19BrClFN2O2/c1-23(2)16(13-5-3-4-6-15(13)20)10-22-18(24)11-25-17-8-7-12(21)9-14(17)19/h3-9,16H,10-11H2,1-2H3,(H,22,24). The Labute approximate surface area is 160 Å². The first-order valence-electron chi connectivity index (χ1n) is 7.64. The third-order valence-electron chi connectivity index (χ3n) is 3.63. The van der Waals surface area contributed by atoms with Crippen molar-refractivity contribution in [1.29, 1.82) is 0 Å². The molecule has 0 aromatic heterocycles. The van der Waals surface area contributed by atoms with Crippen molar-refractivity contribution in [2.45, 2.75) is 6.04 Å². The van der Waals surface area contributed by atoms with Gasteiger partial charge < -0.3 is 15.0 Å². The van der Waals surface area contributed by atoms with E-state index in [1.165, 1.54) is 18.2 Å². The zero-order chi connectivity index (χ0) is 18.4. The maximum Gasteiger partial charge on any atom is 0.258 e. The van der Waals surface area contributed by atoms with Crippen molar-refractivity contribution >= 4 is 33.4 Å². The van der Waals surface area contributed by atoms with Gasteiger partial charge in [-0.2, -0.15) is 0 Å². The van der Waals surface area contributed by atoms with Crippen molar-refractivity contribution in [3.05, 3.63) is 63.3 Å². The van der Waals surface area contributed by atoms with Crippen LogP contribution >= 0.6 is 27.5 Å². The van der Waals surface area contributed by atoms with Crippen LogP contribution in [-0.4, -0.2) is 38.1 Å². The summed E-state index contributed by atoms with van der Waals surface area (Å²) in [5, 5.41) is 3.49. The first kappa shape index (κ1) is 19.7. The van der Waals surface area contributed by atoms with Gasteiger partial charge in [-0.05, 0) is 59.9 Å². The van der Waals surface area contributed by atoms with Crippen molar-refractivity contribution in [3.8, 4) is 5.75 Å². The van der Waals surface area contributed by atoms with Gasteiger partial charge in [-0.15, -0.1) is 0 Å². The van der Waals surface area contributed by atoms with Gasteiger partial charge in [0.15, 0.2) is 6.61 Å². The highest BCUT2D eigenvalue weighted by Crippen LogP contribution is 2.26. The average Bonchev–Trinajstić information content (AvgIpc) is 2.55. The molecule has 0 spiro atoms. The summed E-state index contributed by atoms with van der Waals surface area (Å²) >= 11 is 9.45. The summed E-state index contributed by atoms with van der Waals surface area (Å²) in [7, 11) is 3.85. The number of hydrogen-bond acceptors (Lipinski definition) is 3. The van der Waals surface area contributed by atoms with Crippen LogP contribution in [0.25, 0.3) is 0 Å². The van der Waals surface area contributed by atoms with Gasteiger partial charge in [0.25, 0.3) is 5.91 Å². The number of carbonyl (C=O) groups is 1. The number of hydrogen-bond donors (Lipinski definition) is 1. The minimum Gasteiger partial charge on any atom is -0.483 e. The summed E-state index contributed by atoms with van der Waals surface area (Å²) in [5.41, 5.74) is 0.941. The molecule has 0 fully saturated rings. The van der Waals surface area contributed by atoms with Gasteiger partial charge in [0.05, 0.1) is 10.5 Å². The van der Waals surface area contributed by atoms with E-state index in [9.17, 15) is 9.18 Å². The molecule has 4 nitrogen and oxygen atoms in total. The molecule has 0 saturated heterocycles. The maximum absolute atomic E-state index is 13.0. The van der Waals surface area contributed by atoms with E-state index >= 15 is 0 Å². The van der Waals surface area contributed by atoms with E-state index < -0.39 is 0 Å². The Morgan fingerprint density at radius 2 is 2.04 bits per heavy atom. The number of benzene rings is 2. The van der Waals surface area contributed by atoms with Gasteiger partial charge in [-0.1, -0.05) is 29.8 Å². The molecule has 0 aliphatic heterocycles. The van der Waals surface area contributed by atoms with Crippen molar-refractivity contribution < 1.29 is 13.9 Å². The molecule has 0 radical (unpaired) electrons. The highest BCUT2D eigenvalue weighted by Gasteiger charge is 2.18. The molecule has 0 aliphatic rings. The van der Waals surface area contributed by atoms with Crippen LogP contribution in [0.5, 0.6) is 5.75 Å². The predicted molar refractivity (Wildman–Crippen MR) is 100 cm³/mol. The molecule has 0 saturated carbocycles. The Morgan fingerprint density at radius 3 is 2.68 bits per heavy atom. The molecule has 7 heteroatoms. The van der Waals surface area contributed by atoms with Crippen LogP contribution in [-0.2, 0) is 4.79 Å². The number of halogens is 3. The van der Waals surface area contributed by atoms with Crippen LogP contribution in [0.2, 0.25) is 5.02 Å². The molecular weight excluding hydrogens is 411 g/mol. The fraction of sp³-hybridized carbons (Fsp3) is 0.278. The first-order chi connectivity index (χ1) is 11.9. The molecule has 1 unspecified atom stereocenters. The minimum atomic E-state index is -0.378. The fourth-order valence-corrected chi connectivity index (χ4v) is 3.04. The van der Waals surface area contributed by atoms with Gasteiger partial charge >= 0.3 is 0 Å². The number of nitrogens with one attached hydrogen (secondary N) is 1. The molecular formula is C18H19BrClFN2O2. The Bertz CT molecular complexity index is 743. The van der Waals surface area contributed by atoms with Gasteiger partial charge in [0.1, 0.15) is 11.6 Å². The molecule has 134 valence electrons. The lowest BCUT2D eigenvalue weighted by Gasteiger charge is -2.26. The van der Waals surface area contributed by atoms with Crippen LogP contribution in [0, 0.1) is 5.82 Å². The SMILES string of the molecule is CN(C)C(CNC(=O)COc1ccc(F)cc1Br)c1ccccc1Cl. The van der Waals surface area contributed by atoms with Crippen LogP contribution < -0.4 is 10.1 Å². The zero-order valence-corrected chi connectivity index (χ0v) is 16.3. The number of amides is 1. The summed E-state index contributed by atoms with van der Waals surface area (Å²) in [6.45, 7) is 0.233. The monoisotopic (exact) mass is 428 g/mol. The highest BCUT2D eigenvalue weighted by atomic mass is 79.9. The van der Waals surface area contributed by atoms with Crippen molar-refractivity contribution in [3.63, 3.8) is 0 Å². The largest absolute Gasteiger partial charge is 0.483 e. The predicted octanol–water partition coefficient (Wildman–Crippen LogP) is 4.04. The third-order valence-corrected chi connectivity index (χ3v) is 4.60. The maximum atomic E-state index is 13.0. The summed E-state index contributed by atoms with van der Waals surface area (Å²) in [4.78, 5) is 14.0. The summed E-state index contributed by atoms with van der Waals surface area (Å²) in [6, 6.07) is 11.5. The van der Waals surface area contributed by atoms with E-state index in [1.54, 1.807) is 0 Å². The Morgan fingerprint density at radius 1 is 1.32 bits per heavy atom. The molecule has 2 aromatic carbocycles. The second-order valence-electron chi connectivity index (χ2n) is 5.67. The Balaban J connectivity index is 1.92. The van der Waals surface area contributed by atoms with Crippen LogP contribution in [0.3, 0.4) is 0 Å². The van der Waals surface area contributed by atoms with E-state index in [-0.39, 0.29) is 24.4 Å². The topological polar surface area (TPSA) is 41.6 Å². The van der Waals surface area contributed by atoms with Gasteiger partial charge in [-0.3, -0.25) is 4.79 Å². The molecule has 0 bridgehead atoms. The summed E-state index contributed by atoms with van der Waals surface area (Å²) in [5.74, 6) is -0.237.